The minimum Gasteiger partial charge on any atom is -0.473 e. The lowest BCUT2D eigenvalue weighted by Crippen LogP contribution is -2.27. The van der Waals surface area contributed by atoms with Crippen molar-refractivity contribution < 1.29 is 19.5 Å². The first kappa shape index (κ1) is 8.90. The Labute approximate surface area is 58.1 Å². The van der Waals surface area contributed by atoms with Crippen molar-refractivity contribution in [1.29, 1.82) is 0 Å². The molecule has 0 aliphatic rings. The van der Waals surface area contributed by atoms with E-state index in [2.05, 4.69) is 4.84 Å². The summed E-state index contributed by atoms with van der Waals surface area (Å²) in [6.45, 7) is 2.19. The van der Waals surface area contributed by atoms with Gasteiger partial charge in [0.15, 0.2) is 0 Å². The highest BCUT2D eigenvalue weighted by molar-refractivity contribution is 6.28. The first-order valence-electron chi connectivity index (χ1n) is 2.74. The Kier molecular flexibility index (Phi) is 3.42. The zero-order valence-corrected chi connectivity index (χ0v) is 5.83. The average molecular weight is 147 g/mol. The zero-order chi connectivity index (χ0) is 8.15. The lowest BCUT2D eigenvalue weighted by Gasteiger charge is -2.10. The Hall–Kier alpha value is -1.10. The minimum atomic E-state index is -1.58. The van der Waals surface area contributed by atoms with Crippen LogP contribution in [0.25, 0.3) is 0 Å². The minimum absolute atomic E-state index is 0.457. The summed E-state index contributed by atoms with van der Waals surface area (Å²) in [7, 11) is 1.47. The second kappa shape index (κ2) is 3.84. The number of carboxylic acids is 1. The largest absolute Gasteiger partial charge is 0.473 e. The number of carbonyl (C=O) groups excluding carboxylic acids is 1. The van der Waals surface area contributed by atoms with E-state index in [0.717, 1.165) is 5.06 Å². The number of nitrogens with zero attached hydrogens (tertiary/aromatic N) is 1. The first-order valence-corrected chi connectivity index (χ1v) is 2.74. The SMILES string of the molecule is CCN(C)OC(=O)C(=O)O. The van der Waals surface area contributed by atoms with Gasteiger partial charge in [-0.1, -0.05) is 0 Å². The van der Waals surface area contributed by atoms with E-state index < -0.39 is 11.9 Å². The van der Waals surface area contributed by atoms with Crippen molar-refractivity contribution in [1.82, 2.24) is 5.06 Å². The van der Waals surface area contributed by atoms with E-state index in [1.165, 1.54) is 7.05 Å². The third-order valence-electron chi connectivity index (χ3n) is 0.859. The Morgan fingerprint density at radius 1 is 1.60 bits per heavy atom. The number of hydrogen-bond acceptors (Lipinski definition) is 4. The molecule has 0 aliphatic carbocycles. The second-order valence-corrected chi connectivity index (χ2v) is 1.63. The van der Waals surface area contributed by atoms with E-state index in [9.17, 15) is 9.59 Å². The molecule has 0 aromatic carbocycles. The van der Waals surface area contributed by atoms with Crippen molar-refractivity contribution in [3.05, 3.63) is 0 Å². The van der Waals surface area contributed by atoms with Gasteiger partial charge in [-0.2, -0.15) is 0 Å². The molecule has 5 nitrogen and oxygen atoms in total. The van der Waals surface area contributed by atoms with Crippen molar-refractivity contribution in [2.45, 2.75) is 6.92 Å². The number of aliphatic carboxylic acids is 1. The number of rotatable bonds is 2. The lowest BCUT2D eigenvalue weighted by molar-refractivity contribution is -0.192. The molecule has 0 rings (SSSR count). The predicted octanol–water partition coefficient (Wildman–Crippen LogP) is -0.519. The highest BCUT2D eigenvalue weighted by Crippen LogP contribution is 1.84. The van der Waals surface area contributed by atoms with Crippen molar-refractivity contribution in [3.8, 4) is 0 Å². The summed E-state index contributed by atoms with van der Waals surface area (Å²) >= 11 is 0. The molecule has 0 aromatic rings. The van der Waals surface area contributed by atoms with Crippen LogP contribution >= 0.6 is 0 Å². The summed E-state index contributed by atoms with van der Waals surface area (Å²) in [5, 5.41) is 9.16. The van der Waals surface area contributed by atoms with Gasteiger partial charge in [0.05, 0.1) is 0 Å². The van der Waals surface area contributed by atoms with Gasteiger partial charge in [-0.25, -0.2) is 9.59 Å². The van der Waals surface area contributed by atoms with Gasteiger partial charge in [-0.15, -0.1) is 5.06 Å². The van der Waals surface area contributed by atoms with Gasteiger partial charge in [0.25, 0.3) is 0 Å². The molecule has 58 valence electrons. The topological polar surface area (TPSA) is 66.8 Å². The van der Waals surface area contributed by atoms with Crippen molar-refractivity contribution >= 4 is 11.9 Å². The summed E-state index contributed by atoms with van der Waals surface area (Å²) in [5.74, 6) is -2.84. The molecular weight excluding hydrogens is 138 g/mol. The van der Waals surface area contributed by atoms with Crippen molar-refractivity contribution in [3.63, 3.8) is 0 Å². The van der Waals surface area contributed by atoms with Crippen LogP contribution in [0.2, 0.25) is 0 Å². The third kappa shape index (κ3) is 3.03. The predicted molar refractivity (Wildman–Crippen MR) is 32.0 cm³/mol. The molecule has 0 radical (unpaired) electrons. The molecule has 0 atom stereocenters. The van der Waals surface area contributed by atoms with Crippen LogP contribution in [0.4, 0.5) is 0 Å². The fourth-order valence-corrected chi connectivity index (χ4v) is 0.245. The van der Waals surface area contributed by atoms with E-state index in [0.29, 0.717) is 6.54 Å². The van der Waals surface area contributed by atoms with Crippen LogP contribution < -0.4 is 0 Å². The maximum absolute atomic E-state index is 10.2. The monoisotopic (exact) mass is 147 g/mol. The molecule has 0 aromatic heterocycles. The van der Waals surface area contributed by atoms with Crippen LogP contribution in [-0.2, 0) is 14.4 Å². The van der Waals surface area contributed by atoms with Crippen molar-refractivity contribution in [2.24, 2.45) is 0 Å². The Morgan fingerprint density at radius 2 is 2.10 bits per heavy atom. The number of hydrogen-bond donors (Lipinski definition) is 1. The van der Waals surface area contributed by atoms with Gasteiger partial charge in [-0.05, 0) is 6.92 Å². The standard InChI is InChI=1S/C5H9NO4/c1-3-6(2)10-5(9)4(7)8/h3H2,1-2H3,(H,7,8). The molecule has 0 unspecified atom stereocenters. The van der Waals surface area contributed by atoms with Crippen LogP contribution in [0.3, 0.4) is 0 Å². The van der Waals surface area contributed by atoms with Gasteiger partial charge in [0.1, 0.15) is 0 Å². The van der Waals surface area contributed by atoms with Gasteiger partial charge in [-0.3, -0.25) is 0 Å². The van der Waals surface area contributed by atoms with Crippen LogP contribution in [-0.4, -0.2) is 35.7 Å². The van der Waals surface area contributed by atoms with Gasteiger partial charge in [0, 0.05) is 13.6 Å². The summed E-state index contributed by atoms with van der Waals surface area (Å²) in [6, 6.07) is 0. The van der Waals surface area contributed by atoms with Crippen LogP contribution in [0, 0.1) is 0 Å². The van der Waals surface area contributed by atoms with Gasteiger partial charge < -0.3 is 9.94 Å². The van der Waals surface area contributed by atoms with Crippen LogP contribution in [0.1, 0.15) is 6.92 Å². The molecule has 0 saturated carbocycles. The summed E-state index contributed by atoms with van der Waals surface area (Å²) in [4.78, 5) is 24.4. The molecule has 0 bridgehead atoms. The summed E-state index contributed by atoms with van der Waals surface area (Å²) < 4.78 is 0. The fraction of sp³-hybridized carbons (Fsp3) is 0.600. The maximum Gasteiger partial charge on any atom is 0.436 e. The van der Waals surface area contributed by atoms with E-state index in [4.69, 9.17) is 5.11 Å². The highest BCUT2D eigenvalue weighted by Gasteiger charge is 2.14. The average Bonchev–Trinajstić information content (AvgIpc) is 1.87. The fourth-order valence-electron chi connectivity index (χ4n) is 0.245. The molecule has 0 fully saturated rings. The van der Waals surface area contributed by atoms with Crippen LogP contribution in [0.15, 0.2) is 0 Å². The second-order valence-electron chi connectivity index (χ2n) is 1.63. The Morgan fingerprint density at radius 3 is 2.40 bits per heavy atom. The molecule has 0 heterocycles. The molecule has 0 aliphatic heterocycles. The molecule has 0 saturated heterocycles. The highest BCUT2D eigenvalue weighted by atomic mass is 16.7. The molecule has 0 amide bonds. The molecule has 1 N–H and O–H groups in total. The van der Waals surface area contributed by atoms with E-state index in [1.54, 1.807) is 6.92 Å². The quantitative estimate of drug-likeness (QED) is 0.420. The van der Waals surface area contributed by atoms with Crippen LogP contribution in [0.5, 0.6) is 0 Å². The van der Waals surface area contributed by atoms with Gasteiger partial charge in [0.2, 0.25) is 0 Å². The molecule has 0 spiro atoms. The van der Waals surface area contributed by atoms with Gasteiger partial charge >= 0.3 is 11.9 Å². The molecule has 5 heteroatoms. The number of carboxylic acid groups (broad SMARTS) is 1. The first-order chi connectivity index (χ1) is 4.57. The lowest BCUT2D eigenvalue weighted by atomic mass is 10.7. The van der Waals surface area contributed by atoms with E-state index in [-0.39, 0.29) is 0 Å². The zero-order valence-electron chi connectivity index (χ0n) is 5.83. The molecule has 10 heavy (non-hydrogen) atoms. The molecular formula is C5H9NO4. The number of carbonyl (C=O) groups is 2. The maximum atomic E-state index is 10.2. The van der Waals surface area contributed by atoms with E-state index in [1.807, 2.05) is 0 Å². The number of hydroxylamine groups is 2. The Bertz CT molecular complexity index is 145. The smallest absolute Gasteiger partial charge is 0.436 e. The Balaban J connectivity index is 3.68. The summed E-state index contributed by atoms with van der Waals surface area (Å²) in [5.41, 5.74) is 0. The van der Waals surface area contributed by atoms with E-state index >= 15 is 0 Å². The van der Waals surface area contributed by atoms with Crippen molar-refractivity contribution in [2.75, 3.05) is 13.6 Å². The normalized spacial score (nSPS) is 9.50. The third-order valence-corrected chi connectivity index (χ3v) is 0.859. The summed E-state index contributed by atoms with van der Waals surface area (Å²) in [6.07, 6.45) is 0.